The molecule has 0 heterocycles. The maximum Gasteiger partial charge on any atom is 0.244 e. The van der Waals surface area contributed by atoms with Crippen LogP contribution in [0.2, 0.25) is 10.0 Å². The van der Waals surface area contributed by atoms with E-state index < -0.39 is 28.5 Å². The molecule has 1 atom stereocenters. The lowest BCUT2D eigenvalue weighted by molar-refractivity contribution is -0.139. The molecule has 7 nitrogen and oxygen atoms in total. The lowest BCUT2D eigenvalue weighted by atomic mass is 10.1. The van der Waals surface area contributed by atoms with Gasteiger partial charge in [-0.25, -0.2) is 8.42 Å². The van der Waals surface area contributed by atoms with Crippen molar-refractivity contribution in [3.05, 3.63) is 63.6 Å². The molecule has 0 aromatic heterocycles. The zero-order valence-corrected chi connectivity index (χ0v) is 20.1. The highest BCUT2D eigenvalue weighted by Gasteiger charge is 2.30. The number of sulfonamides is 1. The predicted octanol–water partition coefficient (Wildman–Crippen LogP) is 3.23. The number of amides is 2. The van der Waals surface area contributed by atoms with Gasteiger partial charge >= 0.3 is 0 Å². The van der Waals surface area contributed by atoms with E-state index in [4.69, 9.17) is 23.2 Å². The zero-order chi connectivity index (χ0) is 23.3. The van der Waals surface area contributed by atoms with Crippen LogP contribution in [0.4, 0.5) is 5.69 Å². The number of carbonyl (C=O) groups is 2. The summed E-state index contributed by atoms with van der Waals surface area (Å²) in [6.07, 6.45) is 1.04. The number of benzene rings is 2. The summed E-state index contributed by atoms with van der Waals surface area (Å²) in [4.78, 5) is 26.9. The van der Waals surface area contributed by atoms with Crippen molar-refractivity contribution in [2.75, 3.05) is 24.2 Å². The lowest BCUT2D eigenvalue weighted by Gasteiger charge is -2.31. The van der Waals surface area contributed by atoms with Gasteiger partial charge in [-0.15, -0.1) is 0 Å². The number of likely N-dealkylation sites (N-methyl/N-ethyl adjacent to an activating group) is 1. The van der Waals surface area contributed by atoms with Gasteiger partial charge in [0, 0.05) is 13.6 Å². The SMILES string of the molecule is CNC(=O)C(C)N(Cc1ccc(Cl)c(Cl)c1)C(=O)CN(c1ccccc1C)S(C)(=O)=O. The highest BCUT2D eigenvalue weighted by Crippen LogP contribution is 2.25. The monoisotopic (exact) mass is 485 g/mol. The Morgan fingerprint density at radius 1 is 1.10 bits per heavy atom. The number of aryl methyl sites for hydroxylation is 1. The van der Waals surface area contributed by atoms with Crippen molar-refractivity contribution < 1.29 is 18.0 Å². The molecule has 0 radical (unpaired) electrons. The number of nitrogens with one attached hydrogen (secondary N) is 1. The van der Waals surface area contributed by atoms with Gasteiger partial charge in [0.25, 0.3) is 0 Å². The number of nitrogens with zero attached hydrogens (tertiary/aromatic N) is 2. The van der Waals surface area contributed by atoms with Crippen molar-refractivity contribution in [1.82, 2.24) is 10.2 Å². The third-order valence-electron chi connectivity index (χ3n) is 4.81. The molecule has 0 aliphatic rings. The number of halogens is 2. The second-order valence-electron chi connectivity index (χ2n) is 7.12. The minimum Gasteiger partial charge on any atom is -0.357 e. The molecule has 168 valence electrons. The molecule has 0 aliphatic carbocycles. The summed E-state index contributed by atoms with van der Waals surface area (Å²) in [6.45, 7) is 2.94. The average Bonchev–Trinajstić information content (AvgIpc) is 2.71. The molecule has 0 bridgehead atoms. The van der Waals surface area contributed by atoms with Gasteiger partial charge in [-0.2, -0.15) is 0 Å². The van der Waals surface area contributed by atoms with E-state index in [1.54, 1.807) is 56.3 Å². The predicted molar refractivity (Wildman–Crippen MR) is 124 cm³/mol. The van der Waals surface area contributed by atoms with Crippen molar-refractivity contribution in [2.24, 2.45) is 0 Å². The maximum atomic E-state index is 13.3. The quantitative estimate of drug-likeness (QED) is 0.621. The topological polar surface area (TPSA) is 86.8 Å². The molecule has 10 heteroatoms. The van der Waals surface area contributed by atoms with E-state index in [2.05, 4.69) is 5.32 Å². The Kier molecular flexibility index (Phi) is 8.34. The Balaban J connectivity index is 2.41. The standard InChI is InChI=1S/C21H25Cl2N3O4S/c1-14-7-5-6-8-19(14)26(31(4,29)30)13-20(27)25(15(2)21(28)24-3)12-16-9-10-17(22)18(23)11-16/h5-11,15H,12-13H2,1-4H3,(H,24,28). The van der Waals surface area contributed by atoms with Gasteiger partial charge in [0.15, 0.2) is 0 Å². The molecule has 0 saturated carbocycles. The first-order chi connectivity index (χ1) is 14.5. The van der Waals surface area contributed by atoms with Crippen LogP contribution < -0.4 is 9.62 Å². The normalized spacial score (nSPS) is 12.2. The number of anilines is 1. The summed E-state index contributed by atoms with van der Waals surface area (Å²) in [5.41, 5.74) is 1.76. The molecule has 0 spiro atoms. The molecule has 1 N–H and O–H groups in total. The first kappa shape index (κ1) is 25.0. The van der Waals surface area contributed by atoms with Crippen LogP contribution in [0.3, 0.4) is 0 Å². The van der Waals surface area contributed by atoms with Crippen LogP contribution in [-0.2, 0) is 26.2 Å². The smallest absolute Gasteiger partial charge is 0.244 e. The molecule has 31 heavy (non-hydrogen) atoms. The summed E-state index contributed by atoms with van der Waals surface area (Å²) in [7, 11) is -2.29. The lowest BCUT2D eigenvalue weighted by Crippen LogP contribution is -2.50. The summed E-state index contributed by atoms with van der Waals surface area (Å²) < 4.78 is 26.0. The number of carbonyl (C=O) groups excluding carboxylic acids is 2. The molecule has 0 fully saturated rings. The fourth-order valence-electron chi connectivity index (χ4n) is 3.06. The third kappa shape index (κ3) is 6.35. The highest BCUT2D eigenvalue weighted by molar-refractivity contribution is 7.92. The molecule has 2 aromatic rings. The van der Waals surface area contributed by atoms with E-state index in [0.717, 1.165) is 10.6 Å². The molecule has 2 rings (SSSR count). The summed E-state index contributed by atoms with van der Waals surface area (Å²) in [5.74, 6) is -0.911. The third-order valence-corrected chi connectivity index (χ3v) is 6.68. The summed E-state index contributed by atoms with van der Waals surface area (Å²) >= 11 is 12.1. The number of para-hydroxylation sites is 1. The molecule has 0 aliphatic heterocycles. The molecular weight excluding hydrogens is 461 g/mol. The Hall–Kier alpha value is -2.29. The Morgan fingerprint density at radius 3 is 2.29 bits per heavy atom. The molecule has 0 saturated heterocycles. The fourth-order valence-corrected chi connectivity index (χ4v) is 4.29. The van der Waals surface area contributed by atoms with Crippen molar-refractivity contribution in [2.45, 2.75) is 26.4 Å². The van der Waals surface area contributed by atoms with Crippen LogP contribution in [0.1, 0.15) is 18.1 Å². The molecular formula is C21H25Cl2N3O4S. The average molecular weight is 486 g/mol. The van der Waals surface area contributed by atoms with Crippen molar-refractivity contribution in [3.63, 3.8) is 0 Å². The highest BCUT2D eigenvalue weighted by atomic mass is 35.5. The zero-order valence-electron chi connectivity index (χ0n) is 17.7. The van der Waals surface area contributed by atoms with Gasteiger partial charge in [0.05, 0.1) is 22.0 Å². The van der Waals surface area contributed by atoms with E-state index in [1.165, 1.54) is 11.9 Å². The second kappa shape index (κ2) is 10.3. The molecule has 2 amide bonds. The van der Waals surface area contributed by atoms with E-state index in [-0.39, 0.29) is 12.5 Å². The second-order valence-corrected chi connectivity index (χ2v) is 9.84. The van der Waals surface area contributed by atoms with Crippen LogP contribution in [-0.4, -0.2) is 51.0 Å². The first-order valence-corrected chi connectivity index (χ1v) is 12.0. The van der Waals surface area contributed by atoms with Gasteiger partial charge in [-0.1, -0.05) is 47.5 Å². The van der Waals surface area contributed by atoms with Gasteiger partial charge in [-0.05, 0) is 43.2 Å². The fraction of sp³-hybridized carbons (Fsp3) is 0.333. The van der Waals surface area contributed by atoms with Gasteiger partial charge in [-0.3, -0.25) is 13.9 Å². The Morgan fingerprint density at radius 2 is 1.74 bits per heavy atom. The largest absolute Gasteiger partial charge is 0.357 e. The van der Waals surface area contributed by atoms with Crippen molar-refractivity contribution in [1.29, 1.82) is 0 Å². The van der Waals surface area contributed by atoms with Crippen molar-refractivity contribution >= 4 is 50.7 Å². The van der Waals surface area contributed by atoms with E-state index in [1.807, 2.05) is 0 Å². The summed E-state index contributed by atoms with van der Waals surface area (Å²) in [6, 6.07) is 10.9. The molecule has 2 aromatic carbocycles. The van der Waals surface area contributed by atoms with E-state index in [9.17, 15) is 18.0 Å². The number of rotatable bonds is 8. The Labute approximate surface area is 193 Å². The minimum absolute atomic E-state index is 0.0513. The number of hydrogen-bond donors (Lipinski definition) is 1. The van der Waals surface area contributed by atoms with Crippen LogP contribution in [0, 0.1) is 6.92 Å². The first-order valence-electron chi connectivity index (χ1n) is 9.44. The van der Waals surface area contributed by atoms with Crippen LogP contribution in [0.5, 0.6) is 0 Å². The van der Waals surface area contributed by atoms with E-state index >= 15 is 0 Å². The minimum atomic E-state index is -3.76. The maximum absolute atomic E-state index is 13.3. The van der Waals surface area contributed by atoms with E-state index in [0.29, 0.717) is 26.9 Å². The van der Waals surface area contributed by atoms with Gasteiger partial charge in [0.2, 0.25) is 21.8 Å². The van der Waals surface area contributed by atoms with Crippen LogP contribution >= 0.6 is 23.2 Å². The van der Waals surface area contributed by atoms with Crippen LogP contribution in [0.15, 0.2) is 42.5 Å². The van der Waals surface area contributed by atoms with Crippen molar-refractivity contribution in [3.8, 4) is 0 Å². The van der Waals surface area contributed by atoms with Gasteiger partial charge < -0.3 is 10.2 Å². The van der Waals surface area contributed by atoms with Gasteiger partial charge in [0.1, 0.15) is 12.6 Å². The molecule has 1 unspecified atom stereocenters. The Bertz CT molecular complexity index is 1080. The van der Waals surface area contributed by atoms with Crippen LogP contribution in [0.25, 0.3) is 0 Å². The summed E-state index contributed by atoms with van der Waals surface area (Å²) in [5, 5.41) is 3.20. The number of hydrogen-bond acceptors (Lipinski definition) is 4.